The minimum atomic E-state index is -1.16. The summed E-state index contributed by atoms with van der Waals surface area (Å²) >= 11 is 3.24. The van der Waals surface area contributed by atoms with Crippen LogP contribution in [0.1, 0.15) is 10.4 Å². The highest BCUT2D eigenvalue weighted by Crippen LogP contribution is 2.35. The maximum atomic E-state index is 11.7. The highest BCUT2D eigenvalue weighted by Gasteiger charge is 2.39. The standard InChI is InChI=1S/C10H7BrO4/c1-14-10(13)9-7(12)5-3-2-4-6(11)8(5)15-9/h2-4,9H,1H3. The molecule has 0 saturated heterocycles. The molecule has 1 aliphatic rings. The van der Waals surface area contributed by atoms with E-state index in [2.05, 4.69) is 20.7 Å². The molecule has 0 aromatic heterocycles. The average Bonchev–Trinajstić information content (AvgIpc) is 2.57. The number of para-hydroxylation sites is 1. The number of halogens is 1. The quantitative estimate of drug-likeness (QED) is 0.574. The van der Waals surface area contributed by atoms with E-state index in [0.717, 1.165) is 0 Å². The Morgan fingerprint density at radius 1 is 1.53 bits per heavy atom. The van der Waals surface area contributed by atoms with E-state index in [0.29, 0.717) is 15.8 Å². The van der Waals surface area contributed by atoms with Crippen LogP contribution in [0.4, 0.5) is 0 Å². The number of Topliss-reactive ketones (excluding diaryl/α,β-unsaturated/α-hetero) is 1. The van der Waals surface area contributed by atoms with Gasteiger partial charge in [0, 0.05) is 0 Å². The van der Waals surface area contributed by atoms with Gasteiger partial charge in [-0.1, -0.05) is 6.07 Å². The number of ketones is 1. The lowest BCUT2D eigenvalue weighted by atomic mass is 10.1. The van der Waals surface area contributed by atoms with Crippen molar-refractivity contribution in [3.63, 3.8) is 0 Å². The van der Waals surface area contributed by atoms with Gasteiger partial charge in [0.05, 0.1) is 17.1 Å². The average molecular weight is 271 g/mol. The van der Waals surface area contributed by atoms with Gasteiger partial charge in [-0.2, -0.15) is 0 Å². The van der Waals surface area contributed by atoms with E-state index in [1.807, 2.05) is 0 Å². The fourth-order valence-corrected chi connectivity index (χ4v) is 1.86. The van der Waals surface area contributed by atoms with Crippen molar-refractivity contribution >= 4 is 27.7 Å². The molecule has 4 nitrogen and oxygen atoms in total. The van der Waals surface area contributed by atoms with Crippen LogP contribution in [0.3, 0.4) is 0 Å². The third-order valence-electron chi connectivity index (χ3n) is 2.12. The van der Waals surface area contributed by atoms with Gasteiger partial charge in [-0.15, -0.1) is 0 Å². The van der Waals surface area contributed by atoms with E-state index in [1.54, 1.807) is 18.2 Å². The lowest BCUT2D eigenvalue weighted by Crippen LogP contribution is -2.31. The molecule has 15 heavy (non-hydrogen) atoms. The zero-order valence-electron chi connectivity index (χ0n) is 7.82. The molecule has 1 aromatic carbocycles. The molecule has 78 valence electrons. The van der Waals surface area contributed by atoms with Crippen molar-refractivity contribution in [3.05, 3.63) is 28.2 Å². The molecule has 2 rings (SSSR count). The summed E-state index contributed by atoms with van der Waals surface area (Å²) < 4.78 is 10.4. The van der Waals surface area contributed by atoms with Crippen LogP contribution in [-0.2, 0) is 9.53 Å². The van der Waals surface area contributed by atoms with E-state index in [1.165, 1.54) is 7.11 Å². The molecular formula is C10H7BrO4. The monoisotopic (exact) mass is 270 g/mol. The Hall–Kier alpha value is -1.36. The van der Waals surface area contributed by atoms with Gasteiger partial charge in [-0.05, 0) is 28.1 Å². The largest absolute Gasteiger partial charge is 0.468 e. The Balaban J connectivity index is 2.41. The number of fused-ring (bicyclic) bond motifs is 1. The van der Waals surface area contributed by atoms with Crippen LogP contribution >= 0.6 is 15.9 Å². The molecule has 0 bridgehead atoms. The van der Waals surface area contributed by atoms with E-state index in [4.69, 9.17) is 4.74 Å². The number of benzene rings is 1. The summed E-state index contributed by atoms with van der Waals surface area (Å²) in [7, 11) is 1.22. The topological polar surface area (TPSA) is 52.6 Å². The van der Waals surface area contributed by atoms with Gasteiger partial charge >= 0.3 is 5.97 Å². The summed E-state index contributed by atoms with van der Waals surface area (Å²) in [5.41, 5.74) is 0.403. The molecule has 1 atom stereocenters. The number of carbonyl (C=O) groups is 2. The summed E-state index contributed by atoms with van der Waals surface area (Å²) in [6, 6.07) is 5.07. The van der Waals surface area contributed by atoms with E-state index >= 15 is 0 Å². The van der Waals surface area contributed by atoms with Crippen molar-refractivity contribution in [2.24, 2.45) is 0 Å². The highest BCUT2D eigenvalue weighted by atomic mass is 79.9. The molecule has 0 amide bonds. The predicted octanol–water partition coefficient (Wildman–Crippen LogP) is 1.57. The second kappa shape index (κ2) is 3.66. The van der Waals surface area contributed by atoms with Crippen molar-refractivity contribution in [1.29, 1.82) is 0 Å². The third kappa shape index (κ3) is 1.52. The number of carbonyl (C=O) groups excluding carboxylic acids is 2. The molecule has 0 fully saturated rings. The van der Waals surface area contributed by atoms with Crippen molar-refractivity contribution in [3.8, 4) is 5.75 Å². The first-order valence-corrected chi connectivity index (χ1v) is 5.01. The lowest BCUT2D eigenvalue weighted by Gasteiger charge is -2.06. The molecule has 5 heteroatoms. The highest BCUT2D eigenvalue weighted by molar-refractivity contribution is 9.10. The molecule has 1 aromatic rings. The summed E-state index contributed by atoms with van der Waals surface area (Å²) in [6.45, 7) is 0. The number of ether oxygens (including phenoxy) is 2. The van der Waals surface area contributed by atoms with Crippen molar-refractivity contribution in [2.75, 3.05) is 7.11 Å². The predicted molar refractivity (Wildman–Crippen MR) is 54.9 cm³/mol. The van der Waals surface area contributed by atoms with Crippen LogP contribution in [0.15, 0.2) is 22.7 Å². The molecule has 1 unspecified atom stereocenters. The summed E-state index contributed by atoms with van der Waals surface area (Å²) in [5, 5.41) is 0. The minimum Gasteiger partial charge on any atom is -0.468 e. The van der Waals surface area contributed by atoms with Gasteiger partial charge in [0.1, 0.15) is 5.75 Å². The van der Waals surface area contributed by atoms with Crippen molar-refractivity contribution < 1.29 is 19.1 Å². The van der Waals surface area contributed by atoms with Crippen molar-refractivity contribution in [1.82, 2.24) is 0 Å². The van der Waals surface area contributed by atoms with Crippen LogP contribution in [0.25, 0.3) is 0 Å². The number of hydrogen-bond donors (Lipinski definition) is 0. The number of rotatable bonds is 1. The number of hydrogen-bond acceptors (Lipinski definition) is 4. The SMILES string of the molecule is COC(=O)C1Oc2c(Br)cccc2C1=O. The van der Waals surface area contributed by atoms with Crippen LogP contribution in [0, 0.1) is 0 Å². The zero-order valence-corrected chi connectivity index (χ0v) is 9.41. The molecular weight excluding hydrogens is 264 g/mol. The smallest absolute Gasteiger partial charge is 0.355 e. The van der Waals surface area contributed by atoms with E-state index in [-0.39, 0.29) is 5.78 Å². The van der Waals surface area contributed by atoms with Gasteiger partial charge in [0.15, 0.2) is 0 Å². The number of esters is 1. The zero-order chi connectivity index (χ0) is 11.0. The molecule has 0 spiro atoms. The van der Waals surface area contributed by atoms with Crippen LogP contribution in [0.5, 0.6) is 5.75 Å². The Kier molecular flexibility index (Phi) is 2.48. The number of methoxy groups -OCH3 is 1. The first-order chi connectivity index (χ1) is 7.15. The summed E-state index contributed by atoms with van der Waals surface area (Å²) in [6.07, 6.45) is -1.16. The molecule has 1 aliphatic heterocycles. The van der Waals surface area contributed by atoms with Gasteiger partial charge in [-0.3, -0.25) is 4.79 Å². The maximum absolute atomic E-state index is 11.7. The normalized spacial score (nSPS) is 18.3. The summed E-state index contributed by atoms with van der Waals surface area (Å²) in [4.78, 5) is 22.9. The Bertz CT molecular complexity index is 441. The molecule has 0 radical (unpaired) electrons. The van der Waals surface area contributed by atoms with Crippen LogP contribution < -0.4 is 4.74 Å². The lowest BCUT2D eigenvalue weighted by molar-refractivity contribution is -0.145. The van der Waals surface area contributed by atoms with Gasteiger partial charge < -0.3 is 9.47 Å². The Labute approximate surface area is 94.3 Å². The Morgan fingerprint density at radius 2 is 2.27 bits per heavy atom. The molecule has 1 heterocycles. The Morgan fingerprint density at radius 3 is 2.87 bits per heavy atom. The molecule has 0 saturated carbocycles. The van der Waals surface area contributed by atoms with Crippen LogP contribution in [-0.4, -0.2) is 25.0 Å². The van der Waals surface area contributed by atoms with Gasteiger partial charge in [-0.25, -0.2) is 4.79 Å². The van der Waals surface area contributed by atoms with Gasteiger partial charge in [0.2, 0.25) is 5.78 Å². The third-order valence-corrected chi connectivity index (χ3v) is 2.75. The second-order valence-corrected chi connectivity index (χ2v) is 3.86. The molecule has 0 aliphatic carbocycles. The van der Waals surface area contributed by atoms with E-state index < -0.39 is 12.1 Å². The van der Waals surface area contributed by atoms with E-state index in [9.17, 15) is 9.59 Å². The molecule has 0 N–H and O–H groups in total. The fraction of sp³-hybridized carbons (Fsp3) is 0.200. The van der Waals surface area contributed by atoms with Crippen molar-refractivity contribution in [2.45, 2.75) is 6.10 Å². The van der Waals surface area contributed by atoms with Gasteiger partial charge in [0.25, 0.3) is 6.10 Å². The fourth-order valence-electron chi connectivity index (χ4n) is 1.40. The first-order valence-electron chi connectivity index (χ1n) is 4.22. The first kappa shape index (κ1) is 10.2. The second-order valence-electron chi connectivity index (χ2n) is 3.00. The maximum Gasteiger partial charge on any atom is 0.355 e. The minimum absolute atomic E-state index is 0.363. The summed E-state index contributed by atoms with van der Waals surface area (Å²) in [5.74, 6) is -0.640. The van der Waals surface area contributed by atoms with Crippen LogP contribution in [0.2, 0.25) is 0 Å².